The van der Waals surface area contributed by atoms with Gasteiger partial charge in [0.2, 0.25) is 0 Å². The molecule has 1 fully saturated rings. The number of allylic oxidation sites excluding steroid dienone is 1. The number of hydrogen-bond donors (Lipinski definition) is 0. The second-order valence-electron chi connectivity index (χ2n) is 3.86. The molecule has 2 heterocycles. The maximum atomic E-state index is 11.1. The molecule has 0 bridgehead atoms. The highest BCUT2D eigenvalue weighted by atomic mass is 16.6. The predicted molar refractivity (Wildman–Crippen MR) is 56.2 cm³/mol. The highest BCUT2D eigenvalue weighted by molar-refractivity contribution is 5.89. The summed E-state index contributed by atoms with van der Waals surface area (Å²) in [6.45, 7) is 1.89. The molecule has 0 amide bonds. The Hall–Kier alpha value is -1.84. The van der Waals surface area contributed by atoms with E-state index in [9.17, 15) is 9.59 Å². The van der Waals surface area contributed by atoms with Gasteiger partial charge in [-0.2, -0.15) is 0 Å². The van der Waals surface area contributed by atoms with Gasteiger partial charge in [-0.05, 0) is 25.1 Å². The molecule has 0 aliphatic carbocycles. The van der Waals surface area contributed by atoms with Crippen molar-refractivity contribution in [3.05, 3.63) is 29.7 Å². The highest BCUT2D eigenvalue weighted by Crippen LogP contribution is 2.26. The minimum Gasteiger partial charge on any atom is -0.465 e. The third-order valence-corrected chi connectivity index (χ3v) is 2.61. The van der Waals surface area contributed by atoms with Gasteiger partial charge in [-0.15, -0.1) is 0 Å². The molecule has 1 aliphatic heterocycles. The number of esters is 2. The molecule has 0 spiro atoms. The predicted octanol–water partition coefficient (Wildman–Crippen LogP) is 2.16. The van der Waals surface area contributed by atoms with Gasteiger partial charge in [0.05, 0.1) is 19.1 Å². The molecule has 0 radical (unpaired) electrons. The molecule has 0 saturated carbocycles. The van der Waals surface area contributed by atoms with Crippen LogP contribution in [0.15, 0.2) is 28.4 Å². The number of carbonyl (C=O) groups is 2. The summed E-state index contributed by atoms with van der Waals surface area (Å²) in [5.74, 6) is -0.246. The fourth-order valence-electron chi connectivity index (χ4n) is 1.72. The van der Waals surface area contributed by atoms with Crippen molar-refractivity contribution in [2.24, 2.45) is 5.92 Å². The summed E-state index contributed by atoms with van der Waals surface area (Å²) in [5, 5.41) is 0. The van der Waals surface area contributed by atoms with Crippen LogP contribution in [0.1, 0.15) is 25.5 Å². The van der Waals surface area contributed by atoms with E-state index in [0.29, 0.717) is 0 Å². The average Bonchev–Trinajstić information content (AvgIpc) is 2.68. The topological polar surface area (TPSA) is 56.5 Å². The van der Waals surface area contributed by atoms with E-state index in [1.807, 2.05) is 19.1 Å². The molecule has 0 atom stereocenters. The molecule has 4 nitrogen and oxygen atoms in total. The Morgan fingerprint density at radius 2 is 2.06 bits per heavy atom. The standard InChI is InChI=1S/C12H12O4/c1-8(5-10-3-2-4-15-10)9-6-11(13)16-12(14)7-9/h2-5,9H,6-7H2,1H3/b8-5+. The fraction of sp³-hybridized carbons (Fsp3) is 0.333. The molecular formula is C12H12O4. The summed E-state index contributed by atoms with van der Waals surface area (Å²) in [6, 6.07) is 3.62. The van der Waals surface area contributed by atoms with Crippen LogP contribution in [0.25, 0.3) is 6.08 Å². The molecule has 1 saturated heterocycles. The van der Waals surface area contributed by atoms with Crippen LogP contribution in [-0.2, 0) is 14.3 Å². The third kappa shape index (κ3) is 2.39. The zero-order valence-corrected chi connectivity index (χ0v) is 8.93. The first kappa shape index (κ1) is 10.7. The van der Waals surface area contributed by atoms with Crippen molar-refractivity contribution in [1.82, 2.24) is 0 Å². The van der Waals surface area contributed by atoms with E-state index < -0.39 is 11.9 Å². The van der Waals surface area contributed by atoms with Crippen LogP contribution in [0.5, 0.6) is 0 Å². The summed E-state index contributed by atoms with van der Waals surface area (Å²) in [6.07, 6.45) is 3.94. The molecule has 0 aromatic carbocycles. The van der Waals surface area contributed by atoms with Crippen LogP contribution in [0.2, 0.25) is 0 Å². The molecule has 4 heteroatoms. The molecule has 84 valence electrons. The van der Waals surface area contributed by atoms with E-state index in [4.69, 9.17) is 4.42 Å². The van der Waals surface area contributed by atoms with E-state index in [-0.39, 0.29) is 18.8 Å². The van der Waals surface area contributed by atoms with Crippen LogP contribution in [0, 0.1) is 5.92 Å². The van der Waals surface area contributed by atoms with Crippen molar-refractivity contribution in [2.45, 2.75) is 19.8 Å². The molecule has 1 aromatic heterocycles. The monoisotopic (exact) mass is 220 g/mol. The van der Waals surface area contributed by atoms with Crippen molar-refractivity contribution in [3.63, 3.8) is 0 Å². The zero-order chi connectivity index (χ0) is 11.5. The summed E-state index contributed by atoms with van der Waals surface area (Å²) in [7, 11) is 0. The maximum absolute atomic E-state index is 11.1. The lowest BCUT2D eigenvalue weighted by Gasteiger charge is -2.20. The first-order valence-electron chi connectivity index (χ1n) is 5.10. The maximum Gasteiger partial charge on any atom is 0.314 e. The first-order chi connectivity index (χ1) is 7.65. The lowest BCUT2D eigenvalue weighted by Crippen LogP contribution is -2.25. The number of ether oxygens (including phenoxy) is 1. The summed E-state index contributed by atoms with van der Waals surface area (Å²) >= 11 is 0. The second kappa shape index (κ2) is 4.35. The van der Waals surface area contributed by atoms with Crippen LogP contribution in [0.4, 0.5) is 0 Å². The largest absolute Gasteiger partial charge is 0.465 e. The number of cyclic esters (lactones) is 2. The molecule has 0 N–H and O–H groups in total. The van der Waals surface area contributed by atoms with Crippen molar-refractivity contribution in [1.29, 1.82) is 0 Å². The van der Waals surface area contributed by atoms with Crippen LogP contribution in [-0.4, -0.2) is 11.9 Å². The van der Waals surface area contributed by atoms with Gasteiger partial charge < -0.3 is 9.15 Å². The second-order valence-corrected chi connectivity index (χ2v) is 3.86. The minimum absolute atomic E-state index is 0.0705. The number of hydrogen-bond acceptors (Lipinski definition) is 4. The van der Waals surface area contributed by atoms with E-state index in [1.165, 1.54) is 0 Å². The third-order valence-electron chi connectivity index (χ3n) is 2.61. The van der Waals surface area contributed by atoms with Gasteiger partial charge in [0.15, 0.2) is 0 Å². The smallest absolute Gasteiger partial charge is 0.314 e. The number of furan rings is 1. The van der Waals surface area contributed by atoms with Gasteiger partial charge in [-0.25, -0.2) is 0 Å². The Morgan fingerprint density at radius 1 is 1.38 bits per heavy atom. The molecule has 1 aliphatic rings. The fourth-order valence-corrected chi connectivity index (χ4v) is 1.72. The Labute approximate surface area is 92.9 Å². The van der Waals surface area contributed by atoms with Crippen LogP contribution >= 0.6 is 0 Å². The number of carbonyl (C=O) groups excluding carboxylic acids is 2. The van der Waals surface area contributed by atoms with E-state index >= 15 is 0 Å². The van der Waals surface area contributed by atoms with Crippen molar-refractivity contribution in [2.75, 3.05) is 0 Å². The molecule has 2 rings (SSSR count). The van der Waals surface area contributed by atoms with Gasteiger partial charge in [0.1, 0.15) is 5.76 Å². The Bertz CT molecular complexity index is 412. The van der Waals surface area contributed by atoms with Gasteiger partial charge >= 0.3 is 11.9 Å². The van der Waals surface area contributed by atoms with Gasteiger partial charge in [0, 0.05) is 5.92 Å². The Balaban J connectivity index is 2.12. The summed E-state index contributed by atoms with van der Waals surface area (Å²) in [5.41, 5.74) is 0.958. The van der Waals surface area contributed by atoms with Crippen LogP contribution < -0.4 is 0 Å². The molecule has 0 unspecified atom stereocenters. The molecule has 16 heavy (non-hydrogen) atoms. The normalized spacial score (nSPS) is 18.7. The van der Waals surface area contributed by atoms with Gasteiger partial charge in [-0.1, -0.05) is 5.57 Å². The zero-order valence-electron chi connectivity index (χ0n) is 8.93. The lowest BCUT2D eigenvalue weighted by molar-refractivity contribution is -0.164. The van der Waals surface area contributed by atoms with E-state index in [1.54, 1.807) is 12.3 Å². The first-order valence-corrected chi connectivity index (χ1v) is 5.10. The van der Waals surface area contributed by atoms with Crippen LogP contribution in [0.3, 0.4) is 0 Å². The summed E-state index contributed by atoms with van der Waals surface area (Å²) < 4.78 is 9.64. The minimum atomic E-state index is -0.451. The van der Waals surface area contributed by atoms with Crippen molar-refractivity contribution < 1.29 is 18.7 Å². The number of rotatable bonds is 2. The average molecular weight is 220 g/mol. The van der Waals surface area contributed by atoms with Crippen molar-refractivity contribution >= 4 is 18.0 Å². The highest BCUT2D eigenvalue weighted by Gasteiger charge is 2.28. The summed E-state index contributed by atoms with van der Waals surface area (Å²) in [4.78, 5) is 22.2. The molecule has 1 aromatic rings. The van der Waals surface area contributed by atoms with Gasteiger partial charge in [-0.3, -0.25) is 9.59 Å². The van der Waals surface area contributed by atoms with E-state index in [0.717, 1.165) is 11.3 Å². The Kier molecular flexibility index (Phi) is 2.90. The van der Waals surface area contributed by atoms with Crippen molar-refractivity contribution in [3.8, 4) is 0 Å². The Morgan fingerprint density at radius 3 is 2.62 bits per heavy atom. The SMILES string of the molecule is C/C(=C\c1ccco1)C1CC(=O)OC(=O)C1. The van der Waals surface area contributed by atoms with E-state index in [2.05, 4.69) is 4.74 Å². The molecular weight excluding hydrogens is 208 g/mol. The lowest BCUT2D eigenvalue weighted by atomic mass is 9.91. The van der Waals surface area contributed by atoms with Gasteiger partial charge in [0.25, 0.3) is 0 Å². The quantitative estimate of drug-likeness (QED) is 0.566.